The molecular weight excluding hydrogens is 328 g/mol. The van der Waals surface area contributed by atoms with Crippen molar-refractivity contribution in [2.24, 2.45) is 20.5 Å². The quantitative estimate of drug-likeness (QED) is 0.474. The lowest BCUT2D eigenvalue weighted by molar-refractivity contribution is 0.348. The van der Waals surface area contributed by atoms with E-state index < -0.39 is 0 Å². The zero-order valence-electron chi connectivity index (χ0n) is 17.3. The third-order valence-corrected chi connectivity index (χ3v) is 6.45. The zero-order chi connectivity index (χ0) is 18.6. The van der Waals surface area contributed by atoms with Crippen molar-refractivity contribution in [3.8, 4) is 0 Å². The second-order valence-electron chi connectivity index (χ2n) is 9.86. The minimum absolute atomic E-state index is 0.0974. The molecule has 0 amide bonds. The van der Waals surface area contributed by atoms with E-state index in [1.807, 2.05) is 11.8 Å². The number of thioether (sulfide) groups is 1. The van der Waals surface area contributed by atoms with E-state index in [9.17, 15) is 0 Å². The lowest BCUT2D eigenvalue weighted by Gasteiger charge is -2.41. The third-order valence-electron chi connectivity index (χ3n) is 4.71. The van der Waals surface area contributed by atoms with Gasteiger partial charge in [-0.05, 0) is 67.2 Å². The summed E-state index contributed by atoms with van der Waals surface area (Å²) in [6, 6.07) is 0. The molecule has 0 N–H and O–H groups in total. The standard InChI is InChI=1S/C20H38N4S/c1-17(2,3)21-23-19(13-9-7-10-14-19)25-20(15-11-8-12-16-20)24-22-18(4,5)6/h7-16H2,1-6H3. The molecule has 0 saturated heterocycles. The van der Waals surface area contributed by atoms with E-state index in [0.717, 1.165) is 25.7 Å². The fourth-order valence-corrected chi connectivity index (χ4v) is 5.35. The number of rotatable bonds is 4. The summed E-state index contributed by atoms with van der Waals surface area (Å²) in [5.74, 6) is 0. The molecule has 0 aromatic heterocycles. The predicted molar refractivity (Wildman–Crippen MR) is 108 cm³/mol. The Morgan fingerprint density at radius 3 is 1.16 bits per heavy atom. The van der Waals surface area contributed by atoms with Gasteiger partial charge in [0.2, 0.25) is 0 Å². The fourth-order valence-electron chi connectivity index (χ4n) is 3.49. The molecule has 2 aliphatic rings. The maximum Gasteiger partial charge on any atom is 0.129 e. The van der Waals surface area contributed by atoms with Crippen molar-refractivity contribution in [1.82, 2.24) is 0 Å². The van der Waals surface area contributed by atoms with Crippen LogP contribution in [0.5, 0.6) is 0 Å². The highest BCUT2D eigenvalue weighted by Gasteiger charge is 2.44. The summed E-state index contributed by atoms with van der Waals surface area (Å²) in [5.41, 5.74) is -0.227. The van der Waals surface area contributed by atoms with Crippen LogP contribution in [-0.4, -0.2) is 20.8 Å². The van der Waals surface area contributed by atoms with Crippen molar-refractivity contribution in [3.05, 3.63) is 0 Å². The molecular formula is C20H38N4S. The average Bonchev–Trinajstić information content (AvgIpc) is 2.52. The first-order valence-corrected chi connectivity index (χ1v) is 10.9. The van der Waals surface area contributed by atoms with Crippen molar-refractivity contribution in [2.75, 3.05) is 0 Å². The highest BCUT2D eigenvalue weighted by atomic mass is 32.2. The van der Waals surface area contributed by atoms with Gasteiger partial charge in [0.15, 0.2) is 0 Å². The van der Waals surface area contributed by atoms with Gasteiger partial charge in [-0.15, -0.1) is 0 Å². The summed E-state index contributed by atoms with van der Waals surface area (Å²) >= 11 is 2.00. The summed E-state index contributed by atoms with van der Waals surface area (Å²) < 4.78 is 0. The lowest BCUT2D eigenvalue weighted by Crippen LogP contribution is -2.36. The molecule has 25 heavy (non-hydrogen) atoms. The van der Waals surface area contributed by atoms with Crippen molar-refractivity contribution < 1.29 is 0 Å². The van der Waals surface area contributed by atoms with Crippen LogP contribution in [0.4, 0.5) is 0 Å². The smallest absolute Gasteiger partial charge is 0.129 e. The van der Waals surface area contributed by atoms with E-state index >= 15 is 0 Å². The maximum atomic E-state index is 4.96. The van der Waals surface area contributed by atoms with Gasteiger partial charge in [0.05, 0.1) is 11.1 Å². The average molecular weight is 367 g/mol. The first kappa shape index (κ1) is 20.9. The van der Waals surface area contributed by atoms with Crippen LogP contribution in [-0.2, 0) is 0 Å². The highest BCUT2D eigenvalue weighted by Crippen LogP contribution is 2.53. The molecule has 4 nitrogen and oxygen atoms in total. The largest absolute Gasteiger partial charge is 0.187 e. The van der Waals surface area contributed by atoms with Gasteiger partial charge in [-0.25, -0.2) is 0 Å². The van der Waals surface area contributed by atoms with Crippen LogP contribution < -0.4 is 0 Å². The third kappa shape index (κ3) is 6.99. The summed E-state index contributed by atoms with van der Waals surface area (Å²) in [4.78, 5) is -0.195. The molecule has 0 radical (unpaired) electrons. The Morgan fingerprint density at radius 2 is 0.880 bits per heavy atom. The van der Waals surface area contributed by atoms with Crippen LogP contribution in [0.3, 0.4) is 0 Å². The second kappa shape index (κ2) is 8.06. The number of hydrogen-bond donors (Lipinski definition) is 0. The van der Waals surface area contributed by atoms with E-state index in [4.69, 9.17) is 10.2 Å². The van der Waals surface area contributed by atoms with E-state index in [2.05, 4.69) is 51.8 Å². The Hall–Kier alpha value is -0.450. The number of hydrogen-bond acceptors (Lipinski definition) is 5. The Morgan fingerprint density at radius 1 is 0.560 bits per heavy atom. The molecule has 144 valence electrons. The Labute approximate surface area is 159 Å². The van der Waals surface area contributed by atoms with Gasteiger partial charge in [-0.1, -0.05) is 50.3 Å². The first-order chi connectivity index (χ1) is 11.5. The highest BCUT2D eigenvalue weighted by molar-refractivity contribution is 8.02. The van der Waals surface area contributed by atoms with E-state index in [-0.39, 0.29) is 20.8 Å². The van der Waals surface area contributed by atoms with Crippen molar-refractivity contribution >= 4 is 11.8 Å². The molecule has 0 atom stereocenters. The minimum Gasteiger partial charge on any atom is -0.187 e. The molecule has 0 aliphatic heterocycles. The van der Waals surface area contributed by atoms with Crippen LogP contribution in [0.2, 0.25) is 0 Å². The molecule has 2 aliphatic carbocycles. The van der Waals surface area contributed by atoms with E-state index in [0.29, 0.717) is 0 Å². The molecule has 2 rings (SSSR count). The van der Waals surface area contributed by atoms with Crippen molar-refractivity contribution in [1.29, 1.82) is 0 Å². The van der Waals surface area contributed by atoms with Crippen LogP contribution in [0, 0.1) is 0 Å². The van der Waals surface area contributed by atoms with Gasteiger partial charge in [0.1, 0.15) is 9.74 Å². The first-order valence-electron chi connectivity index (χ1n) is 10.1. The van der Waals surface area contributed by atoms with Gasteiger partial charge in [-0.3, -0.25) is 0 Å². The fraction of sp³-hybridized carbons (Fsp3) is 1.00. The molecule has 0 bridgehead atoms. The van der Waals surface area contributed by atoms with Gasteiger partial charge in [0, 0.05) is 0 Å². The molecule has 0 heterocycles. The van der Waals surface area contributed by atoms with Crippen molar-refractivity contribution in [3.63, 3.8) is 0 Å². The van der Waals surface area contributed by atoms with E-state index in [1.54, 1.807) is 0 Å². The monoisotopic (exact) mass is 366 g/mol. The molecule has 0 aromatic rings. The van der Waals surface area contributed by atoms with Gasteiger partial charge < -0.3 is 0 Å². The summed E-state index contributed by atoms with van der Waals surface area (Å²) in [6.45, 7) is 12.8. The van der Waals surface area contributed by atoms with E-state index in [1.165, 1.54) is 38.5 Å². The summed E-state index contributed by atoms with van der Waals surface area (Å²) in [7, 11) is 0. The van der Waals surface area contributed by atoms with Gasteiger partial charge in [0.25, 0.3) is 0 Å². The maximum absolute atomic E-state index is 4.96. The van der Waals surface area contributed by atoms with Gasteiger partial charge >= 0.3 is 0 Å². The van der Waals surface area contributed by atoms with Crippen LogP contribution in [0.15, 0.2) is 20.5 Å². The van der Waals surface area contributed by atoms with Crippen LogP contribution in [0.1, 0.15) is 106 Å². The van der Waals surface area contributed by atoms with Gasteiger partial charge in [-0.2, -0.15) is 20.5 Å². The number of nitrogens with zero attached hydrogens (tertiary/aromatic N) is 4. The van der Waals surface area contributed by atoms with Crippen molar-refractivity contribution in [2.45, 2.75) is 127 Å². The Bertz CT molecular complexity index is 429. The van der Waals surface area contributed by atoms with Crippen LogP contribution >= 0.6 is 11.8 Å². The molecule has 5 heteroatoms. The minimum atomic E-state index is -0.113. The SMILES string of the molecule is CC(C)(C)N=NC1(SC2(N=NC(C)(C)C)CCCCC2)CCCCC1. The Kier molecular flexibility index (Phi) is 6.72. The number of azo groups is 2. The summed E-state index contributed by atoms with van der Waals surface area (Å²) in [6.07, 6.45) is 12.2. The normalized spacial score (nSPS) is 24.9. The molecule has 0 aromatic carbocycles. The van der Waals surface area contributed by atoms with Crippen LogP contribution in [0.25, 0.3) is 0 Å². The molecule has 0 spiro atoms. The topological polar surface area (TPSA) is 49.4 Å². The molecule has 2 saturated carbocycles. The molecule has 0 unspecified atom stereocenters. The second-order valence-corrected chi connectivity index (χ2v) is 11.6. The predicted octanol–water partition coefficient (Wildman–Crippen LogP) is 7.54. The summed E-state index contributed by atoms with van der Waals surface area (Å²) in [5, 5.41) is 19.3. The lowest BCUT2D eigenvalue weighted by atomic mass is 9.94. The zero-order valence-corrected chi connectivity index (χ0v) is 18.1. The Balaban J connectivity index is 2.28. The molecule has 2 fully saturated rings.